The van der Waals surface area contributed by atoms with Crippen molar-refractivity contribution in [3.8, 4) is 5.75 Å². The first kappa shape index (κ1) is 19.5. The number of pyridine rings is 1. The molecule has 7 heteroatoms. The van der Waals surface area contributed by atoms with E-state index in [1.54, 1.807) is 25.0 Å². The number of nitrogens with one attached hydrogen (secondary N) is 1. The highest BCUT2D eigenvalue weighted by molar-refractivity contribution is 5.79. The van der Waals surface area contributed by atoms with Crippen LogP contribution in [0.3, 0.4) is 0 Å². The topological polar surface area (TPSA) is 70.3 Å². The molecule has 0 aliphatic heterocycles. The predicted octanol–water partition coefficient (Wildman–Crippen LogP) is 3.93. The molecular weight excluding hydrogens is 368 g/mol. The molecular formula is C22H28N4O3. The van der Waals surface area contributed by atoms with Crippen LogP contribution in [0.5, 0.6) is 5.75 Å². The van der Waals surface area contributed by atoms with Crippen molar-refractivity contribution in [2.24, 2.45) is 7.05 Å². The van der Waals surface area contributed by atoms with Crippen LogP contribution in [0.25, 0.3) is 11.0 Å². The zero-order valence-electron chi connectivity index (χ0n) is 17.4. The number of anilines is 2. The number of nitrogens with zero attached hydrogens (tertiary/aromatic N) is 3. The minimum absolute atomic E-state index is 0.0143. The van der Waals surface area contributed by atoms with E-state index >= 15 is 0 Å². The maximum atomic E-state index is 13.0. The summed E-state index contributed by atoms with van der Waals surface area (Å²) in [6.07, 6.45) is 5.92. The van der Waals surface area contributed by atoms with Crippen molar-refractivity contribution in [2.75, 3.05) is 19.5 Å². The molecule has 0 unspecified atom stereocenters. The molecule has 0 amide bonds. The van der Waals surface area contributed by atoms with Crippen LogP contribution in [0.1, 0.15) is 37.3 Å². The number of imidazole rings is 1. The molecule has 154 valence electrons. The highest BCUT2D eigenvalue weighted by Gasteiger charge is 2.26. The van der Waals surface area contributed by atoms with E-state index in [9.17, 15) is 4.79 Å². The Morgan fingerprint density at radius 3 is 2.52 bits per heavy atom. The second-order valence-corrected chi connectivity index (χ2v) is 7.74. The van der Waals surface area contributed by atoms with Gasteiger partial charge < -0.3 is 14.8 Å². The van der Waals surface area contributed by atoms with Crippen LogP contribution < -0.4 is 15.7 Å². The summed E-state index contributed by atoms with van der Waals surface area (Å²) in [4.78, 5) is 17.5. The van der Waals surface area contributed by atoms with E-state index < -0.39 is 0 Å². The lowest BCUT2D eigenvalue weighted by molar-refractivity contribution is 0.0585. The summed E-state index contributed by atoms with van der Waals surface area (Å²) in [5, 5.41) is 3.38. The molecule has 2 aromatic heterocycles. The lowest BCUT2D eigenvalue weighted by atomic mass is 9.92. The summed E-state index contributed by atoms with van der Waals surface area (Å²) in [5.74, 6) is 1.54. The molecule has 0 spiro atoms. The zero-order chi connectivity index (χ0) is 20.5. The lowest BCUT2D eigenvalue weighted by Crippen LogP contribution is -2.30. The Kier molecular flexibility index (Phi) is 5.32. The Labute approximate surface area is 170 Å². The summed E-state index contributed by atoms with van der Waals surface area (Å²) in [5.41, 5.74) is 3.81. The molecule has 1 N–H and O–H groups in total. The SMILES string of the molecule is COc1ccc(Nc2cc3c(cn2)n(C)c(=O)n3C2CCC(OC)CC2)c(C)c1. The fraction of sp³-hybridized carbons (Fsp3) is 0.455. The van der Waals surface area contributed by atoms with E-state index in [0.717, 1.165) is 59.5 Å². The third-order valence-corrected chi connectivity index (χ3v) is 6.01. The van der Waals surface area contributed by atoms with Crippen molar-refractivity contribution in [3.05, 3.63) is 46.5 Å². The largest absolute Gasteiger partial charge is 0.497 e. The third kappa shape index (κ3) is 3.62. The minimum Gasteiger partial charge on any atom is -0.497 e. The van der Waals surface area contributed by atoms with Gasteiger partial charge in [0.1, 0.15) is 11.6 Å². The molecule has 1 aliphatic carbocycles. The fourth-order valence-electron chi connectivity index (χ4n) is 4.26. The Hall–Kier alpha value is -2.80. The molecule has 1 saturated carbocycles. The highest BCUT2D eigenvalue weighted by atomic mass is 16.5. The summed E-state index contributed by atoms with van der Waals surface area (Å²) in [6, 6.07) is 8.04. The van der Waals surface area contributed by atoms with Gasteiger partial charge in [0.15, 0.2) is 0 Å². The van der Waals surface area contributed by atoms with Gasteiger partial charge in [-0.2, -0.15) is 0 Å². The number of fused-ring (bicyclic) bond motifs is 1. The molecule has 0 saturated heterocycles. The van der Waals surface area contributed by atoms with Gasteiger partial charge >= 0.3 is 5.69 Å². The van der Waals surface area contributed by atoms with Crippen molar-refractivity contribution < 1.29 is 9.47 Å². The molecule has 7 nitrogen and oxygen atoms in total. The second-order valence-electron chi connectivity index (χ2n) is 7.74. The van der Waals surface area contributed by atoms with Crippen LogP contribution in [-0.4, -0.2) is 34.4 Å². The third-order valence-electron chi connectivity index (χ3n) is 6.01. The smallest absolute Gasteiger partial charge is 0.329 e. The number of aryl methyl sites for hydroxylation is 2. The number of aromatic nitrogens is 3. The van der Waals surface area contributed by atoms with Gasteiger partial charge in [-0.05, 0) is 56.4 Å². The monoisotopic (exact) mass is 396 g/mol. The Bertz CT molecular complexity index is 1080. The van der Waals surface area contributed by atoms with Gasteiger partial charge in [-0.3, -0.25) is 9.13 Å². The summed E-state index contributed by atoms with van der Waals surface area (Å²) in [7, 11) is 5.23. The molecule has 1 aliphatic rings. The number of rotatable bonds is 5. The van der Waals surface area contributed by atoms with E-state index in [1.165, 1.54) is 0 Å². The average molecular weight is 396 g/mol. The number of hydrogen-bond acceptors (Lipinski definition) is 5. The summed E-state index contributed by atoms with van der Waals surface area (Å²) < 4.78 is 14.4. The first-order valence-electron chi connectivity index (χ1n) is 10.0. The van der Waals surface area contributed by atoms with E-state index in [1.807, 2.05) is 42.8 Å². The number of ether oxygens (including phenoxy) is 2. The molecule has 4 rings (SSSR count). The lowest BCUT2D eigenvalue weighted by Gasteiger charge is -2.28. The van der Waals surface area contributed by atoms with Gasteiger partial charge in [0.25, 0.3) is 0 Å². The number of methoxy groups -OCH3 is 2. The quantitative estimate of drug-likeness (QED) is 0.708. The molecule has 0 atom stereocenters. The van der Waals surface area contributed by atoms with E-state index in [0.29, 0.717) is 6.10 Å². The van der Waals surface area contributed by atoms with Gasteiger partial charge in [0.2, 0.25) is 0 Å². The minimum atomic E-state index is 0.0143. The fourth-order valence-corrected chi connectivity index (χ4v) is 4.26. The summed E-state index contributed by atoms with van der Waals surface area (Å²) in [6.45, 7) is 2.02. The normalized spacial score (nSPS) is 19.4. The number of hydrogen-bond donors (Lipinski definition) is 1. The first-order valence-corrected chi connectivity index (χ1v) is 10.0. The van der Waals surface area contributed by atoms with Gasteiger partial charge in [0.05, 0.1) is 30.4 Å². The highest BCUT2D eigenvalue weighted by Crippen LogP contribution is 2.32. The van der Waals surface area contributed by atoms with Crippen LogP contribution in [0.2, 0.25) is 0 Å². The Balaban J connectivity index is 1.69. The molecule has 2 heterocycles. The van der Waals surface area contributed by atoms with Crippen LogP contribution in [0.4, 0.5) is 11.5 Å². The van der Waals surface area contributed by atoms with Crippen LogP contribution in [0, 0.1) is 6.92 Å². The van der Waals surface area contributed by atoms with Crippen molar-refractivity contribution >= 4 is 22.5 Å². The first-order chi connectivity index (χ1) is 14.0. The van der Waals surface area contributed by atoms with Crippen molar-refractivity contribution in [2.45, 2.75) is 44.8 Å². The predicted molar refractivity (Wildman–Crippen MR) is 114 cm³/mol. The average Bonchev–Trinajstić information content (AvgIpc) is 2.99. The molecule has 1 fully saturated rings. The Morgan fingerprint density at radius 2 is 1.86 bits per heavy atom. The molecule has 29 heavy (non-hydrogen) atoms. The summed E-state index contributed by atoms with van der Waals surface area (Å²) >= 11 is 0. The molecule has 0 bridgehead atoms. The number of benzene rings is 1. The van der Waals surface area contributed by atoms with E-state index in [-0.39, 0.29) is 11.7 Å². The molecule has 0 radical (unpaired) electrons. The van der Waals surface area contributed by atoms with Crippen molar-refractivity contribution in [1.82, 2.24) is 14.1 Å². The van der Waals surface area contributed by atoms with Crippen molar-refractivity contribution in [3.63, 3.8) is 0 Å². The van der Waals surface area contributed by atoms with E-state index in [4.69, 9.17) is 9.47 Å². The standard InChI is InChI=1S/C22H28N4O3/c1-14-11-17(29-4)9-10-18(14)24-21-12-19-20(13-23-21)25(2)22(27)26(19)15-5-7-16(28-3)8-6-15/h9-13,15-16H,5-8H2,1-4H3,(H,23,24). The van der Waals surface area contributed by atoms with Crippen LogP contribution in [0.15, 0.2) is 35.3 Å². The van der Waals surface area contributed by atoms with Gasteiger partial charge in [-0.25, -0.2) is 9.78 Å². The van der Waals surface area contributed by atoms with Crippen molar-refractivity contribution in [1.29, 1.82) is 0 Å². The maximum absolute atomic E-state index is 13.0. The van der Waals surface area contributed by atoms with Crippen LogP contribution in [-0.2, 0) is 11.8 Å². The maximum Gasteiger partial charge on any atom is 0.329 e. The van der Waals surface area contributed by atoms with Gasteiger partial charge in [-0.15, -0.1) is 0 Å². The molecule has 3 aromatic rings. The second kappa shape index (κ2) is 7.91. The van der Waals surface area contributed by atoms with E-state index in [2.05, 4.69) is 10.3 Å². The zero-order valence-corrected chi connectivity index (χ0v) is 17.4. The van der Waals surface area contributed by atoms with Gasteiger partial charge in [0, 0.05) is 32.0 Å². The van der Waals surface area contributed by atoms with Gasteiger partial charge in [-0.1, -0.05) is 0 Å². The molecule has 1 aromatic carbocycles. The van der Waals surface area contributed by atoms with Crippen LogP contribution >= 0.6 is 0 Å². The Morgan fingerprint density at radius 1 is 1.10 bits per heavy atom.